The summed E-state index contributed by atoms with van der Waals surface area (Å²) in [6.07, 6.45) is 0. The summed E-state index contributed by atoms with van der Waals surface area (Å²) >= 11 is 3.40. The van der Waals surface area contributed by atoms with E-state index in [-0.39, 0.29) is 17.0 Å². The average Bonchev–Trinajstić information content (AvgIpc) is 2.94. The minimum Gasteiger partial charge on any atom is -0.295 e. The zero-order valence-electron chi connectivity index (χ0n) is 12.7. The molecule has 6 nitrogen and oxygen atoms in total. The van der Waals surface area contributed by atoms with Gasteiger partial charge < -0.3 is 0 Å². The molecule has 120 valence electrons. The number of Topliss-reactive ketones (excluding diaryl/α,β-unsaturated/α-hetero) is 1. The lowest BCUT2D eigenvalue weighted by atomic mass is 10.1. The summed E-state index contributed by atoms with van der Waals surface area (Å²) < 4.78 is 0.893. The number of nitrogens with one attached hydrogen (secondary N) is 2. The minimum absolute atomic E-state index is 0.0162. The first-order valence-electron chi connectivity index (χ1n) is 7.14. The first-order chi connectivity index (χ1) is 11.5. The Morgan fingerprint density at radius 1 is 1.04 bits per heavy atom. The van der Waals surface area contributed by atoms with Crippen LogP contribution < -0.4 is 5.56 Å². The van der Waals surface area contributed by atoms with E-state index in [2.05, 4.69) is 36.4 Å². The lowest BCUT2D eigenvalue weighted by Crippen LogP contribution is -1.96. The van der Waals surface area contributed by atoms with Crippen molar-refractivity contribution in [1.82, 2.24) is 10.2 Å². The van der Waals surface area contributed by atoms with Crippen molar-refractivity contribution in [3.8, 4) is 11.3 Å². The zero-order valence-corrected chi connectivity index (χ0v) is 14.3. The molecular formula is C17H13BrN4O2. The number of hydrogen-bond acceptors (Lipinski definition) is 4. The van der Waals surface area contributed by atoms with Crippen LogP contribution in [0.3, 0.4) is 0 Å². The van der Waals surface area contributed by atoms with E-state index in [1.54, 1.807) is 24.3 Å². The molecule has 7 heteroatoms. The summed E-state index contributed by atoms with van der Waals surface area (Å²) in [6, 6.07) is 14.2. The molecule has 0 radical (unpaired) electrons. The van der Waals surface area contributed by atoms with Gasteiger partial charge >= 0.3 is 0 Å². The van der Waals surface area contributed by atoms with E-state index in [1.165, 1.54) is 6.92 Å². The molecule has 0 aliphatic heterocycles. The molecule has 0 fully saturated rings. The van der Waals surface area contributed by atoms with Crippen LogP contribution in [-0.4, -0.2) is 16.0 Å². The largest absolute Gasteiger partial charge is 0.295 e. The molecule has 3 rings (SSSR count). The van der Waals surface area contributed by atoms with E-state index in [9.17, 15) is 9.59 Å². The predicted octanol–water partition coefficient (Wildman–Crippen LogP) is 4.75. The first kappa shape index (κ1) is 16.1. The van der Waals surface area contributed by atoms with Crippen LogP contribution in [0.5, 0.6) is 0 Å². The molecule has 0 aliphatic carbocycles. The molecule has 0 spiro atoms. The Balaban J connectivity index is 1.94. The van der Waals surface area contributed by atoms with E-state index in [4.69, 9.17) is 0 Å². The highest BCUT2D eigenvalue weighted by atomic mass is 79.9. The summed E-state index contributed by atoms with van der Waals surface area (Å²) in [5.74, 6) is -0.0162. The van der Waals surface area contributed by atoms with Crippen molar-refractivity contribution in [1.29, 1.82) is 0 Å². The van der Waals surface area contributed by atoms with Gasteiger partial charge in [-0.15, -0.1) is 5.11 Å². The summed E-state index contributed by atoms with van der Waals surface area (Å²) in [5.41, 5.74) is 2.37. The van der Waals surface area contributed by atoms with Crippen LogP contribution in [0.1, 0.15) is 17.3 Å². The number of aromatic nitrogens is 2. The number of halogens is 1. The van der Waals surface area contributed by atoms with Crippen molar-refractivity contribution < 1.29 is 4.79 Å². The monoisotopic (exact) mass is 384 g/mol. The van der Waals surface area contributed by atoms with Gasteiger partial charge in [-0.05, 0) is 43.3 Å². The fourth-order valence-corrected chi connectivity index (χ4v) is 2.57. The zero-order chi connectivity index (χ0) is 17.1. The molecule has 0 saturated heterocycles. The maximum absolute atomic E-state index is 12.0. The number of carbonyl (C=O) groups excluding carboxylic acids is 1. The van der Waals surface area contributed by atoms with Gasteiger partial charge in [0, 0.05) is 15.6 Å². The Bertz CT molecular complexity index is 971. The third kappa shape index (κ3) is 3.41. The molecule has 0 atom stereocenters. The van der Waals surface area contributed by atoms with Crippen molar-refractivity contribution in [3.63, 3.8) is 0 Å². The SMILES string of the molecule is CC(=O)c1ccc(N=Nc2c(-c3cccc(Br)c3)[nH][nH]c2=O)cc1. The third-order valence-corrected chi connectivity index (χ3v) is 3.90. The normalized spacial score (nSPS) is 11.1. The fourth-order valence-electron chi connectivity index (χ4n) is 2.17. The molecule has 0 unspecified atom stereocenters. The van der Waals surface area contributed by atoms with Crippen molar-refractivity contribution in [2.45, 2.75) is 6.92 Å². The molecular weight excluding hydrogens is 372 g/mol. The number of rotatable bonds is 4. The number of azo groups is 1. The number of nitrogens with zero attached hydrogens (tertiary/aromatic N) is 2. The van der Waals surface area contributed by atoms with Gasteiger partial charge in [-0.1, -0.05) is 28.1 Å². The molecule has 0 aliphatic rings. The van der Waals surface area contributed by atoms with E-state index in [0.717, 1.165) is 10.0 Å². The highest BCUT2D eigenvalue weighted by Gasteiger charge is 2.11. The molecule has 1 heterocycles. The van der Waals surface area contributed by atoms with Gasteiger partial charge in [0.1, 0.15) is 0 Å². The Morgan fingerprint density at radius 3 is 2.46 bits per heavy atom. The van der Waals surface area contributed by atoms with Crippen LogP contribution in [0.2, 0.25) is 0 Å². The smallest absolute Gasteiger partial charge is 0.292 e. The maximum Gasteiger partial charge on any atom is 0.292 e. The summed E-state index contributed by atoms with van der Waals surface area (Å²) in [7, 11) is 0. The molecule has 0 amide bonds. The highest BCUT2D eigenvalue weighted by molar-refractivity contribution is 9.10. The van der Waals surface area contributed by atoms with Gasteiger partial charge in [0.15, 0.2) is 11.5 Å². The number of ketones is 1. The van der Waals surface area contributed by atoms with E-state index < -0.39 is 0 Å². The molecule has 0 saturated carbocycles. The maximum atomic E-state index is 12.0. The molecule has 3 aromatic rings. The molecule has 2 N–H and O–H groups in total. The Kier molecular flexibility index (Phi) is 4.52. The fraction of sp³-hybridized carbons (Fsp3) is 0.0588. The highest BCUT2D eigenvalue weighted by Crippen LogP contribution is 2.28. The lowest BCUT2D eigenvalue weighted by molar-refractivity contribution is 0.101. The molecule has 2 aromatic carbocycles. The lowest BCUT2D eigenvalue weighted by Gasteiger charge is -1.99. The van der Waals surface area contributed by atoms with Crippen molar-refractivity contribution in [3.05, 3.63) is 68.9 Å². The van der Waals surface area contributed by atoms with E-state index in [1.807, 2.05) is 24.3 Å². The van der Waals surface area contributed by atoms with Crippen molar-refractivity contribution >= 4 is 33.1 Å². The van der Waals surface area contributed by atoms with Gasteiger partial charge in [0.05, 0.1) is 11.4 Å². The van der Waals surface area contributed by atoms with E-state index in [0.29, 0.717) is 16.9 Å². The van der Waals surface area contributed by atoms with Crippen molar-refractivity contribution in [2.24, 2.45) is 10.2 Å². The van der Waals surface area contributed by atoms with E-state index >= 15 is 0 Å². The Morgan fingerprint density at radius 2 is 1.79 bits per heavy atom. The quantitative estimate of drug-likeness (QED) is 0.501. The van der Waals surface area contributed by atoms with Gasteiger partial charge in [-0.25, -0.2) is 0 Å². The summed E-state index contributed by atoms with van der Waals surface area (Å²) in [6.45, 7) is 1.50. The first-order valence-corrected chi connectivity index (χ1v) is 7.93. The molecule has 0 bridgehead atoms. The van der Waals surface area contributed by atoms with Crippen LogP contribution in [-0.2, 0) is 0 Å². The number of carbonyl (C=O) groups is 1. The second kappa shape index (κ2) is 6.76. The van der Waals surface area contributed by atoms with Gasteiger partial charge in [0.2, 0.25) is 0 Å². The summed E-state index contributed by atoms with van der Waals surface area (Å²) in [5, 5.41) is 13.5. The Labute approximate surface area is 145 Å². The van der Waals surface area contributed by atoms with Crippen LogP contribution >= 0.6 is 15.9 Å². The second-order valence-corrected chi connectivity index (χ2v) is 6.03. The van der Waals surface area contributed by atoms with Crippen LogP contribution in [0.25, 0.3) is 11.3 Å². The topological polar surface area (TPSA) is 90.4 Å². The average molecular weight is 385 g/mol. The number of benzene rings is 2. The summed E-state index contributed by atoms with van der Waals surface area (Å²) in [4.78, 5) is 23.2. The van der Waals surface area contributed by atoms with Crippen molar-refractivity contribution in [2.75, 3.05) is 0 Å². The standard InChI is InChI=1S/C17H13BrN4O2/c1-10(23)11-5-7-14(8-6-11)19-21-16-15(20-22-17(16)24)12-3-2-4-13(18)9-12/h2-9H,1H3,(H2,20,22,24). The number of hydrogen-bond donors (Lipinski definition) is 2. The number of H-pyrrole nitrogens is 2. The Hall–Kier alpha value is -2.80. The van der Waals surface area contributed by atoms with Gasteiger partial charge in [0.25, 0.3) is 5.56 Å². The third-order valence-electron chi connectivity index (χ3n) is 3.41. The molecule has 1 aromatic heterocycles. The van der Waals surface area contributed by atoms with Gasteiger partial charge in [-0.3, -0.25) is 19.8 Å². The second-order valence-electron chi connectivity index (χ2n) is 5.12. The van der Waals surface area contributed by atoms with Crippen LogP contribution in [0.4, 0.5) is 11.4 Å². The van der Waals surface area contributed by atoms with Gasteiger partial charge in [-0.2, -0.15) is 5.11 Å². The van der Waals surface area contributed by atoms with Crippen LogP contribution in [0.15, 0.2) is 68.0 Å². The predicted molar refractivity (Wildman–Crippen MR) is 95.2 cm³/mol. The minimum atomic E-state index is -0.353. The molecule has 24 heavy (non-hydrogen) atoms. The number of aromatic amines is 2. The van der Waals surface area contributed by atoms with Crippen LogP contribution in [0, 0.1) is 0 Å².